The van der Waals surface area contributed by atoms with Gasteiger partial charge >= 0.3 is 0 Å². The summed E-state index contributed by atoms with van der Waals surface area (Å²) in [5.41, 5.74) is 0.770. The number of carbonyl (C=O) groups is 1. The van der Waals surface area contributed by atoms with Crippen LogP contribution in [0, 0.1) is 4.77 Å². The van der Waals surface area contributed by atoms with Crippen molar-refractivity contribution < 1.29 is 4.79 Å². The molecular formula is C16H16N4OS3. The molecule has 3 rings (SSSR count). The second-order valence-corrected chi connectivity index (χ2v) is 7.31. The fourth-order valence-electron chi connectivity index (χ4n) is 2.31. The van der Waals surface area contributed by atoms with Crippen LogP contribution in [0.1, 0.15) is 13.0 Å². The molecule has 0 radical (unpaired) electrons. The highest BCUT2D eigenvalue weighted by Gasteiger charge is 2.21. The van der Waals surface area contributed by atoms with Gasteiger partial charge in [0.25, 0.3) is 0 Å². The van der Waals surface area contributed by atoms with Crippen molar-refractivity contribution in [3.63, 3.8) is 0 Å². The van der Waals surface area contributed by atoms with Gasteiger partial charge in [-0.25, -0.2) is 0 Å². The number of thiophene rings is 1. The fourth-order valence-corrected chi connectivity index (χ4v) is 3.77. The molecule has 0 bridgehead atoms. The molecule has 0 aliphatic rings. The lowest BCUT2D eigenvalue weighted by atomic mass is 10.2. The first-order chi connectivity index (χ1) is 11.6. The van der Waals surface area contributed by atoms with Gasteiger partial charge in [-0.2, -0.15) is 5.10 Å². The van der Waals surface area contributed by atoms with E-state index in [1.165, 1.54) is 0 Å². The molecule has 3 aromatic rings. The van der Waals surface area contributed by atoms with E-state index in [9.17, 15) is 4.79 Å². The minimum atomic E-state index is -0.480. The van der Waals surface area contributed by atoms with E-state index >= 15 is 0 Å². The average Bonchev–Trinajstić information content (AvgIpc) is 3.23. The average molecular weight is 377 g/mol. The predicted molar refractivity (Wildman–Crippen MR) is 102 cm³/mol. The molecule has 24 heavy (non-hydrogen) atoms. The van der Waals surface area contributed by atoms with Crippen molar-refractivity contribution in [2.75, 3.05) is 11.6 Å². The van der Waals surface area contributed by atoms with Crippen LogP contribution in [0.3, 0.4) is 0 Å². The van der Waals surface area contributed by atoms with Gasteiger partial charge in [0.05, 0.1) is 4.88 Å². The predicted octanol–water partition coefficient (Wildman–Crippen LogP) is 4.59. The lowest BCUT2D eigenvalue weighted by molar-refractivity contribution is -0.118. The van der Waals surface area contributed by atoms with Crippen molar-refractivity contribution in [2.24, 2.45) is 0 Å². The highest BCUT2D eigenvalue weighted by atomic mass is 32.2. The molecule has 0 aliphatic carbocycles. The number of amides is 1. The number of thioether (sulfide) groups is 1. The van der Waals surface area contributed by atoms with Crippen molar-refractivity contribution in [3.8, 4) is 10.7 Å². The van der Waals surface area contributed by atoms with E-state index in [1.807, 2.05) is 55.0 Å². The van der Waals surface area contributed by atoms with Gasteiger partial charge in [-0.05, 0) is 55.0 Å². The normalized spacial score (nSPS) is 12.1. The molecule has 0 saturated heterocycles. The maximum absolute atomic E-state index is 12.7. The zero-order valence-electron chi connectivity index (χ0n) is 13.1. The molecule has 1 amide bonds. The smallest absolute Gasteiger partial charge is 0.247 e. The molecule has 0 spiro atoms. The number of aromatic nitrogens is 3. The first-order valence-corrected chi connectivity index (χ1v) is 9.77. The van der Waals surface area contributed by atoms with Crippen molar-refractivity contribution in [1.29, 1.82) is 0 Å². The minimum Gasteiger partial charge on any atom is -0.324 e. The van der Waals surface area contributed by atoms with Crippen LogP contribution in [0.2, 0.25) is 0 Å². The zero-order chi connectivity index (χ0) is 17.1. The van der Waals surface area contributed by atoms with E-state index < -0.39 is 6.04 Å². The summed E-state index contributed by atoms with van der Waals surface area (Å²) < 4.78 is 2.17. The summed E-state index contributed by atoms with van der Waals surface area (Å²) in [7, 11) is 0. The molecule has 1 atom stereocenters. The van der Waals surface area contributed by atoms with E-state index in [-0.39, 0.29) is 5.91 Å². The van der Waals surface area contributed by atoms with Gasteiger partial charge in [-0.1, -0.05) is 12.1 Å². The van der Waals surface area contributed by atoms with Gasteiger partial charge < -0.3 is 5.32 Å². The fraction of sp³-hybridized carbons (Fsp3) is 0.188. The lowest BCUT2D eigenvalue weighted by Crippen LogP contribution is -2.24. The van der Waals surface area contributed by atoms with E-state index in [2.05, 4.69) is 15.5 Å². The first-order valence-electron chi connectivity index (χ1n) is 7.26. The maximum atomic E-state index is 12.7. The molecule has 0 fully saturated rings. The van der Waals surface area contributed by atoms with Gasteiger partial charge in [0.2, 0.25) is 5.91 Å². The van der Waals surface area contributed by atoms with Crippen LogP contribution >= 0.6 is 35.3 Å². The van der Waals surface area contributed by atoms with Crippen LogP contribution in [-0.2, 0) is 4.79 Å². The Morgan fingerprint density at radius 1 is 1.42 bits per heavy atom. The summed E-state index contributed by atoms with van der Waals surface area (Å²) in [6.45, 7) is 1.82. The van der Waals surface area contributed by atoms with Crippen LogP contribution in [-0.4, -0.2) is 26.9 Å². The number of hydrogen-bond donors (Lipinski definition) is 2. The zero-order valence-corrected chi connectivity index (χ0v) is 15.6. The number of benzene rings is 1. The number of rotatable bonds is 5. The first kappa shape index (κ1) is 16.9. The van der Waals surface area contributed by atoms with E-state index in [0.717, 1.165) is 15.5 Å². The van der Waals surface area contributed by atoms with Crippen molar-refractivity contribution in [3.05, 3.63) is 46.5 Å². The molecule has 0 aliphatic heterocycles. The van der Waals surface area contributed by atoms with Crippen LogP contribution in [0.4, 0.5) is 5.69 Å². The summed E-state index contributed by atoms with van der Waals surface area (Å²) in [5, 5.41) is 12.0. The van der Waals surface area contributed by atoms with Crippen molar-refractivity contribution in [2.45, 2.75) is 17.9 Å². The van der Waals surface area contributed by atoms with Crippen molar-refractivity contribution >= 4 is 46.9 Å². The summed E-state index contributed by atoms with van der Waals surface area (Å²) in [4.78, 5) is 14.7. The van der Waals surface area contributed by atoms with E-state index in [1.54, 1.807) is 27.7 Å². The Morgan fingerprint density at radius 2 is 2.25 bits per heavy atom. The maximum Gasteiger partial charge on any atom is 0.247 e. The Hall–Kier alpha value is -1.90. The number of anilines is 1. The third-order valence-electron chi connectivity index (χ3n) is 3.55. The molecule has 5 nitrogen and oxygen atoms in total. The van der Waals surface area contributed by atoms with Crippen LogP contribution in [0.25, 0.3) is 10.7 Å². The van der Waals surface area contributed by atoms with Gasteiger partial charge in [0, 0.05) is 10.6 Å². The Morgan fingerprint density at radius 3 is 2.96 bits per heavy atom. The van der Waals surface area contributed by atoms with Crippen LogP contribution < -0.4 is 5.32 Å². The number of hydrogen-bond acceptors (Lipinski definition) is 5. The largest absolute Gasteiger partial charge is 0.324 e. The lowest BCUT2D eigenvalue weighted by Gasteiger charge is -2.15. The molecule has 8 heteroatoms. The summed E-state index contributed by atoms with van der Waals surface area (Å²) in [6.07, 6.45) is 2.00. The number of H-pyrrole nitrogens is 1. The topological polar surface area (TPSA) is 62.7 Å². The Balaban J connectivity index is 1.86. The van der Waals surface area contributed by atoms with Gasteiger partial charge in [-0.3, -0.25) is 14.5 Å². The Bertz CT molecular complexity index is 898. The van der Waals surface area contributed by atoms with E-state index in [4.69, 9.17) is 12.2 Å². The third-order valence-corrected chi connectivity index (χ3v) is 5.43. The molecule has 0 unspecified atom stereocenters. The molecule has 2 N–H and O–H groups in total. The minimum absolute atomic E-state index is 0.136. The Kier molecular flexibility index (Phi) is 5.17. The van der Waals surface area contributed by atoms with Gasteiger partial charge in [0.15, 0.2) is 10.6 Å². The number of nitrogens with one attached hydrogen (secondary N) is 2. The summed E-state index contributed by atoms with van der Waals surface area (Å²) >= 11 is 8.50. The molecule has 2 aromatic heterocycles. The standard InChI is InChI=1S/C16H16N4OS3/c1-10(15(21)17-11-5-3-6-12(9-11)23-2)20-14(18-19-16(20)22)13-7-4-8-24-13/h3-10H,1-2H3,(H,17,21)(H,19,22)/t10-/m0/s1. The molecular weight excluding hydrogens is 360 g/mol. The number of carbonyl (C=O) groups excluding carboxylic acids is 1. The molecule has 1 aromatic carbocycles. The van der Waals surface area contributed by atoms with Crippen LogP contribution in [0.15, 0.2) is 46.7 Å². The monoisotopic (exact) mass is 376 g/mol. The SMILES string of the molecule is CSc1cccc(NC(=O)[C@H](C)n2c(-c3cccs3)n[nH]c2=S)c1. The molecule has 2 heterocycles. The van der Waals surface area contributed by atoms with Gasteiger partial charge in [-0.15, -0.1) is 23.1 Å². The second-order valence-electron chi connectivity index (χ2n) is 5.10. The van der Waals surface area contributed by atoms with Crippen LogP contribution in [0.5, 0.6) is 0 Å². The highest BCUT2D eigenvalue weighted by molar-refractivity contribution is 7.98. The van der Waals surface area contributed by atoms with Gasteiger partial charge in [0.1, 0.15) is 6.04 Å². The highest BCUT2D eigenvalue weighted by Crippen LogP contribution is 2.26. The summed E-state index contributed by atoms with van der Waals surface area (Å²) in [6, 6.07) is 11.2. The van der Waals surface area contributed by atoms with E-state index in [0.29, 0.717) is 10.6 Å². The Labute approximate surface area is 153 Å². The molecule has 124 valence electrons. The summed E-state index contributed by atoms with van der Waals surface area (Å²) in [5.74, 6) is 0.541. The number of nitrogens with zero attached hydrogens (tertiary/aromatic N) is 2. The molecule has 0 saturated carbocycles. The third kappa shape index (κ3) is 3.45. The quantitative estimate of drug-likeness (QED) is 0.505. The van der Waals surface area contributed by atoms with Crippen molar-refractivity contribution in [1.82, 2.24) is 14.8 Å². The second kappa shape index (κ2) is 7.33. The number of aromatic amines is 1.